The van der Waals surface area contributed by atoms with Crippen molar-refractivity contribution >= 4 is 29.1 Å². The van der Waals surface area contributed by atoms with Gasteiger partial charge in [0, 0.05) is 16.8 Å². The Morgan fingerprint density at radius 2 is 2.19 bits per heavy atom. The van der Waals surface area contributed by atoms with E-state index in [4.69, 9.17) is 11.6 Å². The predicted octanol–water partition coefficient (Wildman–Crippen LogP) is 3.75. The van der Waals surface area contributed by atoms with Crippen LogP contribution in [-0.2, 0) is 11.2 Å². The summed E-state index contributed by atoms with van der Waals surface area (Å²) < 4.78 is 0. The molecular weight excluding hydrogens is 350 g/mol. The van der Waals surface area contributed by atoms with Crippen LogP contribution < -0.4 is 10.2 Å². The smallest absolute Gasteiger partial charge is 0.259 e. The van der Waals surface area contributed by atoms with Gasteiger partial charge >= 0.3 is 0 Å². The van der Waals surface area contributed by atoms with Crippen LogP contribution in [0.3, 0.4) is 0 Å². The first kappa shape index (κ1) is 16.8. The van der Waals surface area contributed by atoms with E-state index in [2.05, 4.69) is 16.9 Å². The monoisotopic (exact) mass is 367 g/mol. The minimum absolute atomic E-state index is 0.0436. The van der Waals surface area contributed by atoms with Crippen LogP contribution in [0.15, 0.2) is 43.2 Å². The summed E-state index contributed by atoms with van der Waals surface area (Å²) in [6.07, 6.45) is 6.33. The number of carbonyl (C=O) groups is 2. The third-order valence-electron chi connectivity index (χ3n) is 5.19. The van der Waals surface area contributed by atoms with Gasteiger partial charge in [0.05, 0.1) is 24.0 Å². The molecule has 0 fully saturated rings. The van der Waals surface area contributed by atoms with Crippen LogP contribution in [0.4, 0.5) is 5.69 Å². The molecule has 1 aromatic heterocycles. The Bertz CT molecular complexity index is 941. The molecule has 0 radical (unpaired) electrons. The zero-order valence-corrected chi connectivity index (χ0v) is 15.1. The molecule has 1 aromatic carbocycles. The lowest BCUT2D eigenvalue weighted by Gasteiger charge is -2.24. The maximum atomic E-state index is 13.0. The van der Waals surface area contributed by atoms with Gasteiger partial charge in [0.2, 0.25) is 5.91 Å². The third-order valence-corrected chi connectivity index (χ3v) is 5.42. The van der Waals surface area contributed by atoms with Crippen molar-refractivity contribution in [2.45, 2.75) is 31.8 Å². The minimum atomic E-state index is -0.207. The summed E-state index contributed by atoms with van der Waals surface area (Å²) in [5.74, 6) is -0.251. The normalized spacial score (nSPS) is 20.7. The van der Waals surface area contributed by atoms with Gasteiger partial charge in [-0.2, -0.15) is 0 Å². The van der Waals surface area contributed by atoms with E-state index in [1.165, 1.54) is 6.08 Å². The van der Waals surface area contributed by atoms with Gasteiger partial charge in [0.1, 0.15) is 0 Å². The number of nitrogens with one attached hydrogen (secondary N) is 1. The number of hydrogen-bond donors (Lipinski definition) is 1. The SMILES string of the molecule is C=CC(=O)N[C@@H]1CCc2c1cncc2N1C(=O)c2ccc(Cl)cc2[C@@H]1C. The van der Waals surface area contributed by atoms with Crippen molar-refractivity contribution in [3.8, 4) is 0 Å². The molecule has 1 N–H and O–H groups in total. The number of halogens is 1. The Kier molecular flexibility index (Phi) is 4.04. The van der Waals surface area contributed by atoms with E-state index >= 15 is 0 Å². The molecule has 0 unspecified atom stereocenters. The number of rotatable bonds is 3. The minimum Gasteiger partial charge on any atom is -0.346 e. The first-order valence-corrected chi connectivity index (χ1v) is 8.91. The van der Waals surface area contributed by atoms with Gasteiger partial charge in [-0.15, -0.1) is 0 Å². The molecule has 26 heavy (non-hydrogen) atoms. The summed E-state index contributed by atoms with van der Waals surface area (Å²) >= 11 is 6.11. The van der Waals surface area contributed by atoms with Crippen LogP contribution >= 0.6 is 11.6 Å². The molecular formula is C20H18ClN3O2. The third kappa shape index (κ3) is 2.51. The van der Waals surface area contributed by atoms with Crippen molar-refractivity contribution < 1.29 is 9.59 Å². The standard InChI is InChI=1S/C20H18ClN3O2/c1-3-19(25)23-17-7-6-13-16(17)9-22-10-18(13)24-11(2)15-8-12(21)4-5-14(15)20(24)26/h3-5,8-11,17H,1,6-7H2,2H3,(H,23,25)/t11-,17+/m0/s1. The maximum absolute atomic E-state index is 13.0. The molecule has 132 valence electrons. The van der Waals surface area contributed by atoms with E-state index < -0.39 is 0 Å². The second-order valence-electron chi connectivity index (χ2n) is 6.61. The first-order valence-electron chi connectivity index (χ1n) is 8.54. The number of fused-ring (bicyclic) bond motifs is 2. The summed E-state index contributed by atoms with van der Waals surface area (Å²) in [6, 6.07) is 5.14. The Labute approximate surface area is 156 Å². The molecule has 1 aliphatic carbocycles. The fraction of sp³-hybridized carbons (Fsp3) is 0.250. The summed E-state index contributed by atoms with van der Waals surface area (Å²) in [5, 5.41) is 3.55. The van der Waals surface area contributed by atoms with Gasteiger partial charge in [-0.3, -0.25) is 19.5 Å². The maximum Gasteiger partial charge on any atom is 0.259 e. The highest BCUT2D eigenvalue weighted by Gasteiger charge is 2.38. The van der Waals surface area contributed by atoms with Gasteiger partial charge in [0.15, 0.2) is 0 Å². The Morgan fingerprint density at radius 1 is 1.38 bits per heavy atom. The van der Waals surface area contributed by atoms with Crippen LogP contribution in [0, 0.1) is 0 Å². The lowest BCUT2D eigenvalue weighted by Crippen LogP contribution is -2.28. The second-order valence-corrected chi connectivity index (χ2v) is 7.05. The average molecular weight is 368 g/mol. The van der Waals surface area contributed by atoms with E-state index in [-0.39, 0.29) is 23.9 Å². The first-order chi connectivity index (χ1) is 12.5. The van der Waals surface area contributed by atoms with Crippen molar-refractivity contribution in [3.05, 3.63) is 70.5 Å². The molecule has 2 amide bonds. The van der Waals surface area contributed by atoms with Crippen LogP contribution in [0.1, 0.15) is 52.5 Å². The number of benzene rings is 1. The largest absolute Gasteiger partial charge is 0.346 e. The number of aromatic nitrogens is 1. The van der Waals surface area contributed by atoms with Gasteiger partial charge in [0.25, 0.3) is 5.91 Å². The second kappa shape index (κ2) is 6.25. The van der Waals surface area contributed by atoms with Crippen LogP contribution in [0.2, 0.25) is 5.02 Å². The van der Waals surface area contributed by atoms with E-state index in [0.29, 0.717) is 10.6 Å². The molecule has 2 heterocycles. The number of carbonyl (C=O) groups excluding carboxylic acids is 2. The van der Waals surface area contributed by atoms with E-state index in [0.717, 1.165) is 35.2 Å². The predicted molar refractivity (Wildman–Crippen MR) is 100 cm³/mol. The van der Waals surface area contributed by atoms with Crippen molar-refractivity contribution in [2.24, 2.45) is 0 Å². The number of hydrogen-bond acceptors (Lipinski definition) is 3. The topological polar surface area (TPSA) is 62.3 Å². The highest BCUT2D eigenvalue weighted by Crippen LogP contribution is 2.43. The average Bonchev–Trinajstić information content (AvgIpc) is 3.14. The molecule has 2 aromatic rings. The molecule has 5 nitrogen and oxygen atoms in total. The molecule has 0 bridgehead atoms. The lowest BCUT2D eigenvalue weighted by molar-refractivity contribution is -0.117. The van der Waals surface area contributed by atoms with Crippen molar-refractivity contribution in [1.82, 2.24) is 10.3 Å². The summed E-state index contributed by atoms with van der Waals surface area (Å²) in [4.78, 5) is 30.8. The molecule has 1 aliphatic heterocycles. The zero-order valence-electron chi connectivity index (χ0n) is 14.3. The van der Waals surface area contributed by atoms with Gasteiger partial charge < -0.3 is 5.32 Å². The highest BCUT2D eigenvalue weighted by atomic mass is 35.5. The summed E-state index contributed by atoms with van der Waals surface area (Å²) in [5.41, 5.74) is 4.44. The van der Waals surface area contributed by atoms with E-state index in [9.17, 15) is 9.59 Å². The summed E-state index contributed by atoms with van der Waals surface area (Å²) in [7, 11) is 0. The lowest BCUT2D eigenvalue weighted by atomic mass is 10.1. The quantitative estimate of drug-likeness (QED) is 0.840. The molecule has 4 rings (SSSR count). The van der Waals surface area contributed by atoms with Gasteiger partial charge in [-0.05, 0) is 60.7 Å². The molecule has 2 atom stereocenters. The fourth-order valence-corrected chi connectivity index (χ4v) is 4.11. The number of amides is 2. The molecule has 2 aliphatic rings. The van der Waals surface area contributed by atoms with E-state index in [1.54, 1.807) is 29.4 Å². The Balaban J connectivity index is 1.74. The molecule has 0 saturated heterocycles. The zero-order chi connectivity index (χ0) is 18.4. The fourth-order valence-electron chi connectivity index (χ4n) is 3.93. The molecule has 0 spiro atoms. The number of anilines is 1. The Morgan fingerprint density at radius 3 is 2.96 bits per heavy atom. The van der Waals surface area contributed by atoms with Crippen LogP contribution in [-0.4, -0.2) is 16.8 Å². The van der Waals surface area contributed by atoms with E-state index in [1.807, 2.05) is 13.0 Å². The number of pyridine rings is 1. The highest BCUT2D eigenvalue weighted by molar-refractivity contribution is 6.31. The number of nitrogens with zero attached hydrogens (tertiary/aromatic N) is 2. The van der Waals surface area contributed by atoms with Gasteiger partial charge in [-0.25, -0.2) is 0 Å². The van der Waals surface area contributed by atoms with Crippen molar-refractivity contribution in [3.63, 3.8) is 0 Å². The molecule has 6 heteroatoms. The summed E-state index contributed by atoms with van der Waals surface area (Å²) in [6.45, 7) is 5.49. The Hall–Kier alpha value is -2.66. The molecule has 0 saturated carbocycles. The van der Waals surface area contributed by atoms with Gasteiger partial charge in [-0.1, -0.05) is 18.2 Å². The van der Waals surface area contributed by atoms with Crippen LogP contribution in [0.25, 0.3) is 0 Å². The van der Waals surface area contributed by atoms with Crippen molar-refractivity contribution in [2.75, 3.05) is 4.90 Å². The van der Waals surface area contributed by atoms with Crippen LogP contribution in [0.5, 0.6) is 0 Å². The van der Waals surface area contributed by atoms with Crippen molar-refractivity contribution in [1.29, 1.82) is 0 Å².